The summed E-state index contributed by atoms with van der Waals surface area (Å²) in [5, 5.41) is 0. The van der Waals surface area contributed by atoms with Gasteiger partial charge in [-0.25, -0.2) is 0 Å². The van der Waals surface area contributed by atoms with Crippen molar-refractivity contribution in [3.05, 3.63) is 34.3 Å². The van der Waals surface area contributed by atoms with Gasteiger partial charge in [-0.1, -0.05) is 41.4 Å². The van der Waals surface area contributed by atoms with Gasteiger partial charge in [0.25, 0.3) is 0 Å². The van der Waals surface area contributed by atoms with Crippen LogP contribution in [0, 0.1) is 0 Å². The van der Waals surface area contributed by atoms with Crippen LogP contribution in [0.3, 0.4) is 0 Å². The molecule has 18 heavy (non-hydrogen) atoms. The van der Waals surface area contributed by atoms with Crippen molar-refractivity contribution in [3.8, 4) is 0 Å². The molecule has 2 unspecified atom stereocenters. The fourth-order valence-electron chi connectivity index (χ4n) is 2.84. The molecule has 1 fully saturated rings. The maximum Gasteiger partial charge on any atom is 0.0499 e. The minimum absolute atomic E-state index is 0.220. The summed E-state index contributed by atoms with van der Waals surface area (Å²) in [6.07, 6.45) is 5.00. The number of halogens is 1. The number of piperidine rings is 1. The largest absolute Gasteiger partial charge is 0.326 e. The molecule has 3 heteroatoms. The van der Waals surface area contributed by atoms with Crippen LogP contribution in [0.15, 0.2) is 28.7 Å². The molecule has 2 atom stereocenters. The third-order valence-corrected chi connectivity index (χ3v) is 4.34. The molecular weight excluding hydrogens is 288 g/mol. The highest BCUT2D eigenvalue weighted by atomic mass is 79.9. The van der Waals surface area contributed by atoms with Gasteiger partial charge in [-0.3, -0.25) is 4.90 Å². The van der Waals surface area contributed by atoms with E-state index in [0.717, 1.165) is 10.9 Å². The molecule has 1 aromatic carbocycles. The standard InChI is InChI=1S/C15H23BrN2/c1-2-14(17)15(18-9-4-3-5-10-18)12-7-6-8-13(16)11-12/h6-8,11,14-15H,2-5,9-10,17H2,1H3. The Kier molecular flexibility index (Phi) is 5.22. The summed E-state index contributed by atoms with van der Waals surface area (Å²) < 4.78 is 1.14. The molecule has 1 aliphatic rings. The zero-order chi connectivity index (χ0) is 13.0. The summed E-state index contributed by atoms with van der Waals surface area (Å²) in [6, 6.07) is 9.20. The van der Waals surface area contributed by atoms with E-state index in [2.05, 4.69) is 52.0 Å². The van der Waals surface area contributed by atoms with Crippen LogP contribution < -0.4 is 5.73 Å². The highest BCUT2D eigenvalue weighted by molar-refractivity contribution is 9.10. The van der Waals surface area contributed by atoms with Gasteiger partial charge in [0.2, 0.25) is 0 Å². The number of nitrogens with two attached hydrogens (primary N) is 1. The molecule has 2 N–H and O–H groups in total. The van der Waals surface area contributed by atoms with Crippen molar-refractivity contribution >= 4 is 15.9 Å². The second-order valence-corrected chi connectivity index (χ2v) is 6.08. The van der Waals surface area contributed by atoms with Crippen molar-refractivity contribution in [2.45, 2.75) is 44.7 Å². The predicted octanol–water partition coefficient (Wildman–Crippen LogP) is 3.71. The van der Waals surface area contributed by atoms with E-state index >= 15 is 0 Å². The molecule has 1 saturated heterocycles. The number of likely N-dealkylation sites (tertiary alicyclic amines) is 1. The van der Waals surface area contributed by atoms with E-state index < -0.39 is 0 Å². The summed E-state index contributed by atoms with van der Waals surface area (Å²) in [4.78, 5) is 2.57. The van der Waals surface area contributed by atoms with Gasteiger partial charge >= 0.3 is 0 Å². The molecule has 0 amide bonds. The Morgan fingerprint density at radius 2 is 2.00 bits per heavy atom. The first kappa shape index (κ1) is 14.0. The first-order valence-electron chi connectivity index (χ1n) is 6.97. The van der Waals surface area contributed by atoms with Crippen molar-refractivity contribution in [1.29, 1.82) is 0 Å². The van der Waals surface area contributed by atoms with Crippen LogP contribution in [0.1, 0.15) is 44.2 Å². The van der Waals surface area contributed by atoms with Crippen LogP contribution in [-0.2, 0) is 0 Å². The van der Waals surface area contributed by atoms with Gasteiger partial charge in [0.15, 0.2) is 0 Å². The summed E-state index contributed by atoms with van der Waals surface area (Å²) in [6.45, 7) is 4.55. The van der Waals surface area contributed by atoms with Gasteiger partial charge in [0, 0.05) is 16.6 Å². The zero-order valence-corrected chi connectivity index (χ0v) is 12.7. The molecule has 0 aromatic heterocycles. The van der Waals surface area contributed by atoms with E-state index in [1.165, 1.54) is 37.9 Å². The maximum absolute atomic E-state index is 6.37. The van der Waals surface area contributed by atoms with Crippen LogP contribution in [0.4, 0.5) is 0 Å². The molecule has 2 nitrogen and oxygen atoms in total. The first-order valence-corrected chi connectivity index (χ1v) is 7.76. The quantitative estimate of drug-likeness (QED) is 0.918. The highest BCUT2D eigenvalue weighted by Gasteiger charge is 2.26. The van der Waals surface area contributed by atoms with E-state index in [-0.39, 0.29) is 6.04 Å². The molecule has 0 saturated carbocycles. The first-order chi connectivity index (χ1) is 8.72. The lowest BCUT2D eigenvalue weighted by atomic mass is 9.94. The third kappa shape index (κ3) is 3.34. The average molecular weight is 311 g/mol. The number of nitrogens with zero attached hydrogens (tertiary/aromatic N) is 1. The molecule has 1 heterocycles. The predicted molar refractivity (Wildman–Crippen MR) is 80.6 cm³/mol. The van der Waals surface area contributed by atoms with Crippen LogP contribution >= 0.6 is 15.9 Å². The molecule has 1 aliphatic heterocycles. The van der Waals surface area contributed by atoms with Crippen molar-refractivity contribution in [3.63, 3.8) is 0 Å². The molecule has 2 rings (SSSR count). The summed E-state index contributed by atoms with van der Waals surface area (Å²) in [5.74, 6) is 0. The minimum atomic E-state index is 0.220. The summed E-state index contributed by atoms with van der Waals surface area (Å²) >= 11 is 3.57. The summed E-state index contributed by atoms with van der Waals surface area (Å²) in [5.41, 5.74) is 7.72. The van der Waals surface area contributed by atoms with E-state index in [9.17, 15) is 0 Å². The second kappa shape index (κ2) is 6.69. The number of benzene rings is 1. The Morgan fingerprint density at radius 1 is 1.28 bits per heavy atom. The van der Waals surface area contributed by atoms with E-state index in [4.69, 9.17) is 5.73 Å². The van der Waals surface area contributed by atoms with Crippen molar-refractivity contribution < 1.29 is 0 Å². The number of hydrogen-bond donors (Lipinski definition) is 1. The lowest BCUT2D eigenvalue weighted by molar-refractivity contribution is 0.140. The smallest absolute Gasteiger partial charge is 0.0499 e. The molecule has 0 aliphatic carbocycles. The number of hydrogen-bond acceptors (Lipinski definition) is 2. The maximum atomic E-state index is 6.37. The lowest BCUT2D eigenvalue weighted by Gasteiger charge is -2.38. The normalized spacial score (nSPS) is 20.6. The zero-order valence-electron chi connectivity index (χ0n) is 11.1. The van der Waals surface area contributed by atoms with Crippen LogP contribution in [0.5, 0.6) is 0 Å². The molecule has 0 radical (unpaired) electrons. The minimum Gasteiger partial charge on any atom is -0.326 e. The number of rotatable bonds is 4. The monoisotopic (exact) mass is 310 g/mol. The van der Waals surface area contributed by atoms with Crippen molar-refractivity contribution in [2.24, 2.45) is 5.73 Å². The fraction of sp³-hybridized carbons (Fsp3) is 0.600. The SMILES string of the molecule is CCC(N)C(c1cccc(Br)c1)N1CCCCC1. The Bertz CT molecular complexity index is 375. The molecular formula is C15H23BrN2. The van der Waals surface area contributed by atoms with E-state index in [0.29, 0.717) is 6.04 Å². The van der Waals surface area contributed by atoms with Gasteiger partial charge in [-0.2, -0.15) is 0 Å². The van der Waals surface area contributed by atoms with Gasteiger partial charge in [0.1, 0.15) is 0 Å². The van der Waals surface area contributed by atoms with Crippen molar-refractivity contribution in [2.75, 3.05) is 13.1 Å². The molecule has 0 spiro atoms. The van der Waals surface area contributed by atoms with Gasteiger partial charge in [0.05, 0.1) is 0 Å². The Balaban J connectivity index is 2.23. The van der Waals surface area contributed by atoms with Crippen LogP contribution in [0.2, 0.25) is 0 Å². The van der Waals surface area contributed by atoms with Crippen LogP contribution in [-0.4, -0.2) is 24.0 Å². The molecule has 100 valence electrons. The average Bonchev–Trinajstić information content (AvgIpc) is 2.40. The highest BCUT2D eigenvalue weighted by Crippen LogP contribution is 2.29. The van der Waals surface area contributed by atoms with Gasteiger partial charge in [-0.05, 0) is 50.0 Å². The molecule has 0 bridgehead atoms. The van der Waals surface area contributed by atoms with Crippen molar-refractivity contribution in [1.82, 2.24) is 4.90 Å². The van der Waals surface area contributed by atoms with Crippen LogP contribution in [0.25, 0.3) is 0 Å². The topological polar surface area (TPSA) is 29.3 Å². The summed E-state index contributed by atoms with van der Waals surface area (Å²) in [7, 11) is 0. The Morgan fingerprint density at radius 3 is 2.61 bits per heavy atom. The van der Waals surface area contributed by atoms with E-state index in [1.807, 2.05) is 0 Å². The third-order valence-electron chi connectivity index (χ3n) is 3.85. The Labute approximate surface area is 119 Å². The van der Waals surface area contributed by atoms with E-state index in [1.54, 1.807) is 0 Å². The van der Waals surface area contributed by atoms with Gasteiger partial charge < -0.3 is 5.73 Å². The fourth-order valence-corrected chi connectivity index (χ4v) is 3.26. The lowest BCUT2D eigenvalue weighted by Crippen LogP contribution is -2.43. The Hall–Kier alpha value is -0.380. The molecule has 1 aromatic rings. The van der Waals surface area contributed by atoms with Gasteiger partial charge in [-0.15, -0.1) is 0 Å². The second-order valence-electron chi connectivity index (χ2n) is 5.17.